The van der Waals surface area contributed by atoms with Gasteiger partial charge in [0, 0.05) is 31.8 Å². The first kappa shape index (κ1) is 12.2. The summed E-state index contributed by atoms with van der Waals surface area (Å²) in [4.78, 5) is 0. The third-order valence-electron chi connectivity index (χ3n) is 1.55. The van der Waals surface area contributed by atoms with Crippen molar-refractivity contribution in [2.24, 2.45) is 0 Å². The van der Waals surface area contributed by atoms with Crippen molar-refractivity contribution in [3.63, 3.8) is 0 Å². The normalized spacial score (nSPS) is 11.7. The maximum atomic E-state index is 5.34. The van der Waals surface area contributed by atoms with Crippen LogP contribution in [0, 0.1) is 0 Å². The van der Waals surface area contributed by atoms with Gasteiger partial charge in [0.1, 0.15) is 12.4 Å². The molecule has 0 spiro atoms. The van der Waals surface area contributed by atoms with Gasteiger partial charge in [-0.3, -0.25) is 0 Å². The number of hydrogen-bond donors (Lipinski definition) is 0. The van der Waals surface area contributed by atoms with Crippen LogP contribution in [0.2, 0.25) is 0 Å². The zero-order chi connectivity index (χ0) is 6.81. The minimum absolute atomic E-state index is 0. The standard InChI is InChI=1S/C9H8O.Al.Zr.3H/c1-2-6-9-8(4-1)5-3-7-10-9;;;;;/h1-6H,7H2;;;;;. The Labute approximate surface area is 102 Å². The van der Waals surface area contributed by atoms with Crippen molar-refractivity contribution < 1.29 is 30.9 Å². The summed E-state index contributed by atoms with van der Waals surface area (Å²) in [6.07, 6.45) is 4.10. The minimum atomic E-state index is 0. The average molecular weight is 253 g/mol. The van der Waals surface area contributed by atoms with E-state index in [-0.39, 0.29) is 43.6 Å². The molecule has 0 saturated heterocycles. The van der Waals surface area contributed by atoms with Crippen molar-refractivity contribution in [3.8, 4) is 5.75 Å². The Hall–Kier alpha value is 0.176. The summed E-state index contributed by atoms with van der Waals surface area (Å²) in [6.45, 7) is 0.705. The molecule has 0 amide bonds. The average Bonchev–Trinajstić information content (AvgIpc) is 2.05. The van der Waals surface area contributed by atoms with E-state index in [1.165, 1.54) is 5.56 Å². The van der Waals surface area contributed by atoms with E-state index in [0.29, 0.717) is 6.61 Å². The molecule has 0 aromatic heterocycles. The Kier molecular flexibility index (Phi) is 5.84. The maximum Gasteiger partial charge on any atom is 0.187 e. The Morgan fingerprint density at radius 3 is 2.67 bits per heavy atom. The SMILES string of the molecule is C1=Cc2ccccc2OC1.[AlH3].[Zr]. The third-order valence-corrected chi connectivity index (χ3v) is 1.55. The molecule has 1 nitrogen and oxygen atoms in total. The Morgan fingerprint density at radius 1 is 1.17 bits per heavy atom. The van der Waals surface area contributed by atoms with Crippen LogP contribution >= 0.6 is 0 Å². The molecule has 0 atom stereocenters. The second-order valence-electron chi connectivity index (χ2n) is 2.25. The predicted octanol–water partition coefficient (Wildman–Crippen LogP) is 0.906. The minimum Gasteiger partial charge on any atom is -0.489 e. The van der Waals surface area contributed by atoms with Crippen molar-refractivity contribution in [3.05, 3.63) is 35.9 Å². The molecule has 0 aliphatic carbocycles. The second kappa shape index (κ2) is 5.76. The van der Waals surface area contributed by atoms with Crippen LogP contribution in [-0.4, -0.2) is 24.0 Å². The third kappa shape index (κ3) is 2.59. The molecule has 2 rings (SSSR count). The largest absolute Gasteiger partial charge is 0.489 e. The summed E-state index contributed by atoms with van der Waals surface area (Å²) in [5.74, 6) is 0.991. The summed E-state index contributed by atoms with van der Waals surface area (Å²) < 4.78 is 5.34. The number of hydrogen-bond acceptors (Lipinski definition) is 1. The maximum absolute atomic E-state index is 5.34. The van der Waals surface area contributed by atoms with Gasteiger partial charge < -0.3 is 4.74 Å². The monoisotopic (exact) mass is 252 g/mol. The molecule has 0 bridgehead atoms. The Balaban J connectivity index is 0.000000605. The molecule has 0 fully saturated rings. The molecule has 0 saturated carbocycles. The molecule has 1 aromatic rings. The van der Waals surface area contributed by atoms with E-state index in [2.05, 4.69) is 6.08 Å². The first-order valence-corrected chi connectivity index (χ1v) is 3.35. The second-order valence-corrected chi connectivity index (χ2v) is 2.25. The van der Waals surface area contributed by atoms with E-state index in [4.69, 9.17) is 4.74 Å². The number of ether oxygens (including phenoxy) is 1. The summed E-state index contributed by atoms with van der Waals surface area (Å²) in [5, 5.41) is 0. The van der Waals surface area contributed by atoms with Gasteiger partial charge in [-0.2, -0.15) is 0 Å². The van der Waals surface area contributed by atoms with Crippen LogP contribution in [0.25, 0.3) is 6.08 Å². The van der Waals surface area contributed by atoms with Gasteiger partial charge in [-0.25, -0.2) is 0 Å². The number of fused-ring (bicyclic) bond motifs is 1. The molecule has 0 unspecified atom stereocenters. The van der Waals surface area contributed by atoms with Crippen LogP contribution in [0.4, 0.5) is 0 Å². The topological polar surface area (TPSA) is 9.23 Å². The predicted molar refractivity (Wildman–Crippen MR) is 50.9 cm³/mol. The summed E-state index contributed by atoms with van der Waals surface area (Å²) in [6, 6.07) is 8.03. The van der Waals surface area contributed by atoms with E-state index in [1.54, 1.807) is 0 Å². The molecular formula is C9H11AlOZr. The van der Waals surface area contributed by atoms with Crippen LogP contribution in [0.3, 0.4) is 0 Å². The fourth-order valence-corrected chi connectivity index (χ4v) is 1.06. The van der Waals surface area contributed by atoms with Crippen molar-refractivity contribution >= 4 is 23.4 Å². The van der Waals surface area contributed by atoms with Crippen LogP contribution < -0.4 is 4.74 Å². The zero-order valence-corrected chi connectivity index (χ0v) is 8.54. The van der Waals surface area contributed by atoms with Gasteiger partial charge in [0.25, 0.3) is 0 Å². The molecule has 12 heavy (non-hydrogen) atoms. The van der Waals surface area contributed by atoms with E-state index in [1.807, 2.05) is 30.3 Å². The van der Waals surface area contributed by atoms with Crippen LogP contribution in [-0.2, 0) is 26.2 Å². The summed E-state index contributed by atoms with van der Waals surface area (Å²) >= 11 is 0. The van der Waals surface area contributed by atoms with Gasteiger partial charge in [-0.05, 0) is 12.1 Å². The molecule has 1 aliphatic heterocycles. The fraction of sp³-hybridized carbons (Fsp3) is 0.111. The molecule has 60 valence electrons. The van der Waals surface area contributed by atoms with Gasteiger partial charge in [-0.1, -0.05) is 24.3 Å². The first-order chi connectivity index (χ1) is 4.97. The van der Waals surface area contributed by atoms with E-state index >= 15 is 0 Å². The van der Waals surface area contributed by atoms with Crippen molar-refractivity contribution in [1.82, 2.24) is 0 Å². The molecular weight excluding hydrogens is 242 g/mol. The van der Waals surface area contributed by atoms with E-state index < -0.39 is 0 Å². The molecule has 1 heterocycles. The van der Waals surface area contributed by atoms with E-state index in [9.17, 15) is 0 Å². The van der Waals surface area contributed by atoms with Gasteiger partial charge in [0.2, 0.25) is 0 Å². The van der Waals surface area contributed by atoms with Crippen LogP contribution in [0.15, 0.2) is 30.3 Å². The quantitative estimate of drug-likeness (QED) is 0.625. The molecule has 0 N–H and O–H groups in total. The Bertz CT molecular complexity index is 273. The summed E-state index contributed by atoms with van der Waals surface area (Å²) in [5.41, 5.74) is 1.17. The zero-order valence-electron chi connectivity index (χ0n) is 6.08. The molecule has 0 radical (unpaired) electrons. The smallest absolute Gasteiger partial charge is 0.187 e. The molecule has 1 aliphatic rings. The number of rotatable bonds is 0. The van der Waals surface area contributed by atoms with Gasteiger partial charge in [0.05, 0.1) is 0 Å². The van der Waals surface area contributed by atoms with Crippen molar-refractivity contribution in [1.29, 1.82) is 0 Å². The van der Waals surface area contributed by atoms with Crippen molar-refractivity contribution in [2.75, 3.05) is 6.61 Å². The summed E-state index contributed by atoms with van der Waals surface area (Å²) in [7, 11) is 0. The van der Waals surface area contributed by atoms with Gasteiger partial charge in [-0.15, -0.1) is 0 Å². The van der Waals surface area contributed by atoms with Crippen LogP contribution in [0.5, 0.6) is 5.75 Å². The molecule has 3 heteroatoms. The van der Waals surface area contributed by atoms with Crippen molar-refractivity contribution in [2.45, 2.75) is 0 Å². The molecule has 1 aromatic carbocycles. The van der Waals surface area contributed by atoms with Gasteiger partial charge in [0.15, 0.2) is 17.4 Å². The first-order valence-electron chi connectivity index (χ1n) is 3.35. The number of para-hydroxylation sites is 1. The van der Waals surface area contributed by atoms with Gasteiger partial charge >= 0.3 is 0 Å². The fourth-order valence-electron chi connectivity index (χ4n) is 1.06. The number of benzene rings is 1. The Morgan fingerprint density at radius 2 is 1.92 bits per heavy atom. The van der Waals surface area contributed by atoms with E-state index in [0.717, 1.165) is 5.75 Å². The van der Waals surface area contributed by atoms with Crippen LogP contribution in [0.1, 0.15) is 5.56 Å².